The van der Waals surface area contributed by atoms with Crippen LogP contribution in [0.2, 0.25) is 0 Å². The minimum Gasteiger partial charge on any atom is -0.348 e. The number of amides is 1. The van der Waals surface area contributed by atoms with Gasteiger partial charge in [0.15, 0.2) is 0 Å². The molecule has 5 heteroatoms. The monoisotopic (exact) mass is 346 g/mol. The van der Waals surface area contributed by atoms with Crippen molar-refractivity contribution < 1.29 is 4.79 Å². The lowest BCUT2D eigenvalue weighted by Crippen LogP contribution is -2.40. The summed E-state index contributed by atoms with van der Waals surface area (Å²) in [6, 6.07) is 12.0. The van der Waals surface area contributed by atoms with Crippen LogP contribution in [-0.4, -0.2) is 38.8 Å². The van der Waals surface area contributed by atoms with Crippen molar-refractivity contribution in [3.8, 4) is 11.1 Å². The minimum atomic E-state index is 0.0608. The average molecular weight is 346 g/mol. The van der Waals surface area contributed by atoms with E-state index in [1.54, 1.807) is 12.4 Å². The highest BCUT2D eigenvalue weighted by Crippen LogP contribution is 2.29. The zero-order chi connectivity index (χ0) is 17.9. The molecule has 3 heterocycles. The summed E-state index contributed by atoms with van der Waals surface area (Å²) in [7, 11) is 0. The van der Waals surface area contributed by atoms with Gasteiger partial charge in [0.05, 0.1) is 11.3 Å². The standard InChI is InChI=1S/C21H22N4O/c1-15-19(18(9-10-22-15)16-6-3-2-4-7-16)21(26)25-13-5-8-17(14-25)20-23-11-12-24-20/h2-4,6-7,9-12,17H,5,8,13-14H2,1H3,(H,23,24). The van der Waals surface area contributed by atoms with Gasteiger partial charge in [0, 0.05) is 37.6 Å². The highest BCUT2D eigenvalue weighted by molar-refractivity contribution is 6.01. The van der Waals surface area contributed by atoms with Crippen molar-refractivity contribution in [2.45, 2.75) is 25.7 Å². The normalized spacial score (nSPS) is 17.3. The number of likely N-dealkylation sites (tertiary alicyclic amines) is 1. The zero-order valence-electron chi connectivity index (χ0n) is 14.9. The predicted molar refractivity (Wildman–Crippen MR) is 101 cm³/mol. The molecule has 0 spiro atoms. The van der Waals surface area contributed by atoms with Crippen molar-refractivity contribution in [2.75, 3.05) is 13.1 Å². The summed E-state index contributed by atoms with van der Waals surface area (Å²) in [5.74, 6) is 1.29. The number of carbonyl (C=O) groups excluding carboxylic acids is 1. The maximum Gasteiger partial charge on any atom is 0.256 e. The van der Waals surface area contributed by atoms with Crippen LogP contribution in [0, 0.1) is 6.92 Å². The third kappa shape index (κ3) is 3.12. The summed E-state index contributed by atoms with van der Waals surface area (Å²) in [6.45, 7) is 3.38. The number of aryl methyl sites for hydroxylation is 1. The van der Waals surface area contributed by atoms with Gasteiger partial charge in [-0.2, -0.15) is 0 Å². The third-order valence-corrected chi connectivity index (χ3v) is 5.05. The number of H-pyrrole nitrogens is 1. The summed E-state index contributed by atoms with van der Waals surface area (Å²) in [6.07, 6.45) is 7.42. The Labute approximate surface area is 153 Å². The molecular weight excluding hydrogens is 324 g/mol. The fourth-order valence-corrected chi connectivity index (χ4v) is 3.74. The number of hydrogen-bond donors (Lipinski definition) is 1. The van der Waals surface area contributed by atoms with Gasteiger partial charge >= 0.3 is 0 Å². The summed E-state index contributed by atoms with van der Waals surface area (Å²) in [5.41, 5.74) is 3.47. The van der Waals surface area contributed by atoms with E-state index in [2.05, 4.69) is 15.0 Å². The Morgan fingerprint density at radius 2 is 2.00 bits per heavy atom. The Bertz CT molecular complexity index is 890. The van der Waals surface area contributed by atoms with Crippen LogP contribution in [-0.2, 0) is 0 Å². The molecule has 0 radical (unpaired) electrons. The van der Waals surface area contributed by atoms with Gasteiger partial charge in [0.2, 0.25) is 0 Å². The van der Waals surface area contributed by atoms with Crippen molar-refractivity contribution in [1.82, 2.24) is 19.9 Å². The van der Waals surface area contributed by atoms with E-state index in [1.807, 2.05) is 54.4 Å². The van der Waals surface area contributed by atoms with E-state index in [9.17, 15) is 4.79 Å². The van der Waals surface area contributed by atoms with E-state index >= 15 is 0 Å². The number of aromatic amines is 1. The van der Waals surface area contributed by atoms with Gasteiger partial charge in [-0.3, -0.25) is 9.78 Å². The van der Waals surface area contributed by atoms with E-state index in [4.69, 9.17) is 0 Å². The van der Waals surface area contributed by atoms with Gasteiger partial charge in [0.25, 0.3) is 5.91 Å². The Balaban J connectivity index is 1.66. The fraction of sp³-hybridized carbons (Fsp3) is 0.286. The maximum atomic E-state index is 13.4. The SMILES string of the molecule is Cc1nccc(-c2ccccc2)c1C(=O)N1CCCC(c2ncc[nH]2)C1. The molecule has 26 heavy (non-hydrogen) atoms. The minimum absolute atomic E-state index is 0.0608. The molecule has 4 rings (SSSR count). The van der Waals surface area contributed by atoms with Crippen molar-refractivity contribution >= 4 is 5.91 Å². The van der Waals surface area contributed by atoms with Crippen molar-refractivity contribution in [2.24, 2.45) is 0 Å². The smallest absolute Gasteiger partial charge is 0.256 e. The van der Waals surface area contributed by atoms with Crippen LogP contribution in [0.1, 0.15) is 40.6 Å². The highest BCUT2D eigenvalue weighted by atomic mass is 16.2. The zero-order valence-corrected chi connectivity index (χ0v) is 14.9. The number of nitrogens with zero attached hydrogens (tertiary/aromatic N) is 3. The Kier molecular flexibility index (Phi) is 4.52. The van der Waals surface area contributed by atoms with Crippen molar-refractivity contribution in [3.63, 3.8) is 0 Å². The Morgan fingerprint density at radius 3 is 2.77 bits per heavy atom. The van der Waals surface area contributed by atoms with Crippen LogP contribution in [0.3, 0.4) is 0 Å². The number of imidazole rings is 1. The lowest BCUT2D eigenvalue weighted by atomic mass is 9.94. The molecule has 1 unspecified atom stereocenters. The average Bonchev–Trinajstić information content (AvgIpc) is 3.23. The quantitative estimate of drug-likeness (QED) is 0.785. The van der Waals surface area contributed by atoms with E-state index in [0.717, 1.165) is 42.0 Å². The molecule has 3 aromatic rings. The molecule has 1 aromatic carbocycles. The third-order valence-electron chi connectivity index (χ3n) is 5.05. The van der Waals surface area contributed by atoms with Gasteiger partial charge in [-0.05, 0) is 37.0 Å². The molecule has 1 aliphatic heterocycles. The fourth-order valence-electron chi connectivity index (χ4n) is 3.74. The van der Waals surface area contributed by atoms with Crippen molar-refractivity contribution in [1.29, 1.82) is 0 Å². The molecule has 1 aliphatic rings. The predicted octanol–water partition coefficient (Wildman–Crippen LogP) is 3.80. The molecule has 1 N–H and O–H groups in total. The number of carbonyl (C=O) groups is 1. The second-order valence-corrected chi connectivity index (χ2v) is 6.75. The molecule has 1 fully saturated rings. The van der Waals surface area contributed by atoms with E-state index in [0.29, 0.717) is 12.1 Å². The number of hydrogen-bond acceptors (Lipinski definition) is 3. The number of pyridine rings is 1. The molecule has 0 aliphatic carbocycles. The summed E-state index contributed by atoms with van der Waals surface area (Å²) in [4.78, 5) is 27.3. The van der Waals surface area contributed by atoms with Gasteiger partial charge in [0.1, 0.15) is 5.82 Å². The Morgan fingerprint density at radius 1 is 1.15 bits per heavy atom. The van der Waals surface area contributed by atoms with Crippen LogP contribution in [0.5, 0.6) is 0 Å². The van der Waals surface area contributed by atoms with Gasteiger partial charge in [-0.15, -0.1) is 0 Å². The highest BCUT2D eigenvalue weighted by Gasteiger charge is 2.29. The number of piperidine rings is 1. The first-order valence-electron chi connectivity index (χ1n) is 9.03. The summed E-state index contributed by atoms with van der Waals surface area (Å²) in [5, 5.41) is 0. The van der Waals surface area contributed by atoms with Crippen LogP contribution in [0.25, 0.3) is 11.1 Å². The van der Waals surface area contributed by atoms with Crippen LogP contribution in [0.15, 0.2) is 55.0 Å². The lowest BCUT2D eigenvalue weighted by molar-refractivity contribution is 0.0704. The van der Waals surface area contributed by atoms with E-state index < -0.39 is 0 Å². The number of nitrogens with one attached hydrogen (secondary N) is 1. The first-order chi connectivity index (χ1) is 12.7. The molecule has 1 amide bonds. The topological polar surface area (TPSA) is 61.9 Å². The van der Waals surface area contributed by atoms with Crippen LogP contribution in [0.4, 0.5) is 0 Å². The van der Waals surface area contributed by atoms with Crippen LogP contribution >= 0.6 is 0 Å². The van der Waals surface area contributed by atoms with E-state index in [-0.39, 0.29) is 11.8 Å². The lowest BCUT2D eigenvalue weighted by Gasteiger charge is -2.32. The molecule has 0 saturated carbocycles. The molecule has 5 nitrogen and oxygen atoms in total. The van der Waals surface area contributed by atoms with E-state index in [1.165, 1.54) is 0 Å². The maximum absolute atomic E-state index is 13.4. The first kappa shape index (κ1) is 16.5. The summed E-state index contributed by atoms with van der Waals surface area (Å²) >= 11 is 0. The number of benzene rings is 1. The first-order valence-corrected chi connectivity index (χ1v) is 9.03. The Hall–Kier alpha value is -2.95. The number of aromatic nitrogens is 3. The molecule has 0 bridgehead atoms. The van der Waals surface area contributed by atoms with Crippen LogP contribution < -0.4 is 0 Å². The molecular formula is C21H22N4O. The number of rotatable bonds is 3. The molecule has 2 aromatic heterocycles. The molecule has 132 valence electrons. The summed E-state index contributed by atoms with van der Waals surface area (Å²) < 4.78 is 0. The van der Waals surface area contributed by atoms with Gasteiger partial charge < -0.3 is 9.88 Å². The second kappa shape index (κ2) is 7.12. The molecule has 1 atom stereocenters. The largest absolute Gasteiger partial charge is 0.348 e. The molecule has 1 saturated heterocycles. The second-order valence-electron chi connectivity index (χ2n) is 6.75. The van der Waals surface area contributed by atoms with Crippen molar-refractivity contribution in [3.05, 3.63) is 72.1 Å². The van der Waals surface area contributed by atoms with Gasteiger partial charge in [-0.25, -0.2) is 4.98 Å². The van der Waals surface area contributed by atoms with Gasteiger partial charge in [-0.1, -0.05) is 30.3 Å².